The fourth-order valence-corrected chi connectivity index (χ4v) is 4.48. The molecule has 110 valence electrons. The van der Waals surface area contributed by atoms with E-state index < -0.39 is 18.3 Å². The lowest BCUT2D eigenvalue weighted by atomic mass is 10.1. The molecule has 4 N–H and O–H groups in total. The van der Waals surface area contributed by atoms with Crippen LogP contribution in [0, 0.1) is 0 Å². The summed E-state index contributed by atoms with van der Waals surface area (Å²) in [5.74, 6) is 0.278. The van der Waals surface area contributed by atoms with Gasteiger partial charge in [0, 0.05) is 23.3 Å². The van der Waals surface area contributed by atoms with E-state index in [-0.39, 0.29) is 10.5 Å². The van der Waals surface area contributed by atoms with Crippen molar-refractivity contribution in [2.24, 2.45) is 0 Å². The van der Waals surface area contributed by atoms with Crippen LogP contribution in [-0.4, -0.2) is 49.9 Å². The lowest BCUT2D eigenvalue weighted by molar-refractivity contribution is -0.114. The van der Waals surface area contributed by atoms with Crippen molar-refractivity contribution in [2.45, 2.75) is 34.7 Å². The minimum atomic E-state index is -1.10. The van der Waals surface area contributed by atoms with Gasteiger partial charge in [-0.05, 0) is 24.3 Å². The number of rotatable bonds is 3. The molecule has 1 saturated heterocycles. The van der Waals surface area contributed by atoms with Crippen molar-refractivity contribution in [2.75, 3.05) is 11.1 Å². The molecule has 4 atom stereocenters. The van der Waals surface area contributed by atoms with E-state index in [9.17, 15) is 20.1 Å². The van der Waals surface area contributed by atoms with E-state index in [0.717, 1.165) is 4.90 Å². The Bertz CT molecular complexity index is 468. The summed E-state index contributed by atoms with van der Waals surface area (Å²) >= 11 is 2.86. The van der Waals surface area contributed by atoms with Crippen molar-refractivity contribution in [3.8, 4) is 0 Å². The van der Waals surface area contributed by atoms with E-state index in [1.165, 1.54) is 30.4 Å². The molecule has 2 rings (SSSR count). The third-order valence-corrected chi connectivity index (χ3v) is 5.77. The molecule has 0 aliphatic carbocycles. The standard InChI is InChI=1S/C13H17NO4S2/c1-7(15)14-8-2-4-9(5-3-8)20-13-12(18)11(17)10(16)6-19-13/h2-5,10-13,16-18H,6H2,1H3,(H,14,15)/t10-,11-,12+,13-/m1/s1. The minimum absolute atomic E-state index is 0.124. The molecule has 1 aliphatic heterocycles. The van der Waals surface area contributed by atoms with Gasteiger partial charge in [-0.3, -0.25) is 4.79 Å². The Morgan fingerprint density at radius 1 is 1.25 bits per heavy atom. The zero-order valence-corrected chi connectivity index (χ0v) is 12.5. The van der Waals surface area contributed by atoms with Crippen molar-refractivity contribution in [3.63, 3.8) is 0 Å². The molecular formula is C13H17NO4S2. The van der Waals surface area contributed by atoms with E-state index in [1.807, 2.05) is 12.1 Å². The number of hydrogen-bond acceptors (Lipinski definition) is 6. The Morgan fingerprint density at radius 3 is 2.50 bits per heavy atom. The molecule has 0 spiro atoms. The fraction of sp³-hybridized carbons (Fsp3) is 0.462. The lowest BCUT2D eigenvalue weighted by Crippen LogP contribution is -2.47. The molecule has 20 heavy (non-hydrogen) atoms. The second kappa shape index (κ2) is 6.82. The first kappa shape index (κ1) is 15.7. The van der Waals surface area contributed by atoms with Gasteiger partial charge in [-0.25, -0.2) is 0 Å². The molecule has 0 unspecified atom stereocenters. The molecule has 1 amide bonds. The second-order valence-corrected chi connectivity index (χ2v) is 7.26. The summed E-state index contributed by atoms with van der Waals surface area (Å²) in [5.41, 5.74) is 0.717. The van der Waals surface area contributed by atoms with Gasteiger partial charge in [-0.2, -0.15) is 0 Å². The Hall–Kier alpha value is -0.730. The number of aliphatic hydroxyl groups is 3. The molecule has 0 saturated carbocycles. The number of carbonyl (C=O) groups excluding carboxylic acids is 1. The average molecular weight is 315 g/mol. The van der Waals surface area contributed by atoms with Crippen LogP contribution >= 0.6 is 23.5 Å². The molecular weight excluding hydrogens is 298 g/mol. The molecule has 1 heterocycles. The molecule has 5 nitrogen and oxygen atoms in total. The zero-order chi connectivity index (χ0) is 14.7. The molecule has 1 aliphatic rings. The van der Waals surface area contributed by atoms with Gasteiger partial charge in [0.2, 0.25) is 5.91 Å². The van der Waals surface area contributed by atoms with Gasteiger partial charge in [-0.15, -0.1) is 23.5 Å². The molecule has 0 bridgehead atoms. The maximum Gasteiger partial charge on any atom is 0.221 e. The predicted octanol–water partition coefficient (Wildman–Crippen LogP) is 0.893. The Morgan fingerprint density at radius 2 is 1.90 bits per heavy atom. The normalized spacial score (nSPS) is 30.0. The number of benzene rings is 1. The third kappa shape index (κ3) is 3.89. The number of nitrogens with one attached hydrogen (secondary N) is 1. The van der Waals surface area contributed by atoms with E-state index in [1.54, 1.807) is 12.1 Å². The van der Waals surface area contributed by atoms with Crippen molar-refractivity contribution in [1.82, 2.24) is 0 Å². The number of anilines is 1. The van der Waals surface area contributed by atoms with Crippen molar-refractivity contribution in [3.05, 3.63) is 24.3 Å². The monoisotopic (exact) mass is 315 g/mol. The number of hydrogen-bond donors (Lipinski definition) is 4. The summed E-state index contributed by atoms with van der Waals surface area (Å²) in [7, 11) is 0. The number of thioether (sulfide) groups is 2. The predicted molar refractivity (Wildman–Crippen MR) is 80.9 cm³/mol. The lowest BCUT2D eigenvalue weighted by Gasteiger charge is -2.34. The highest BCUT2D eigenvalue weighted by Gasteiger charge is 2.37. The van der Waals surface area contributed by atoms with Gasteiger partial charge in [-0.1, -0.05) is 0 Å². The SMILES string of the molecule is CC(=O)Nc1ccc(S[C@H]2SC[C@@H](O)[C@@H](O)[C@@H]2O)cc1. The van der Waals surface area contributed by atoms with Gasteiger partial charge in [0.25, 0.3) is 0 Å². The number of aliphatic hydroxyl groups excluding tert-OH is 3. The molecule has 1 aromatic carbocycles. The topological polar surface area (TPSA) is 89.8 Å². The van der Waals surface area contributed by atoms with Crippen LogP contribution in [0.2, 0.25) is 0 Å². The van der Waals surface area contributed by atoms with E-state index in [4.69, 9.17) is 0 Å². The fourth-order valence-electron chi connectivity index (χ4n) is 1.84. The summed E-state index contributed by atoms with van der Waals surface area (Å²) in [5, 5.41) is 31.8. The van der Waals surface area contributed by atoms with E-state index in [2.05, 4.69) is 5.32 Å². The minimum Gasteiger partial charge on any atom is -0.389 e. The average Bonchev–Trinajstić information content (AvgIpc) is 2.41. The number of amides is 1. The van der Waals surface area contributed by atoms with Gasteiger partial charge in [0.1, 0.15) is 12.2 Å². The largest absolute Gasteiger partial charge is 0.389 e. The van der Waals surface area contributed by atoms with Crippen LogP contribution in [-0.2, 0) is 4.79 Å². The van der Waals surface area contributed by atoms with Crippen LogP contribution in [0.5, 0.6) is 0 Å². The first-order valence-corrected chi connectivity index (χ1v) is 8.10. The van der Waals surface area contributed by atoms with Gasteiger partial charge in [0.15, 0.2) is 0 Å². The Kier molecular flexibility index (Phi) is 5.34. The highest BCUT2D eigenvalue weighted by Crippen LogP contribution is 2.38. The highest BCUT2D eigenvalue weighted by molar-refractivity contribution is 8.17. The van der Waals surface area contributed by atoms with Crippen LogP contribution in [0.3, 0.4) is 0 Å². The molecule has 0 radical (unpaired) electrons. The second-order valence-electron chi connectivity index (χ2n) is 4.57. The smallest absolute Gasteiger partial charge is 0.221 e. The van der Waals surface area contributed by atoms with Crippen molar-refractivity contribution >= 4 is 35.1 Å². The van der Waals surface area contributed by atoms with Crippen molar-refractivity contribution < 1.29 is 20.1 Å². The molecule has 0 aromatic heterocycles. The van der Waals surface area contributed by atoms with Crippen LogP contribution in [0.1, 0.15) is 6.92 Å². The molecule has 1 fully saturated rings. The molecule has 7 heteroatoms. The molecule has 1 aromatic rings. The van der Waals surface area contributed by atoms with E-state index >= 15 is 0 Å². The van der Waals surface area contributed by atoms with Crippen LogP contribution in [0.25, 0.3) is 0 Å². The summed E-state index contributed by atoms with van der Waals surface area (Å²) in [6.45, 7) is 1.45. The van der Waals surface area contributed by atoms with Crippen LogP contribution < -0.4 is 5.32 Å². The first-order valence-electron chi connectivity index (χ1n) is 6.17. The van der Waals surface area contributed by atoms with E-state index in [0.29, 0.717) is 11.4 Å². The quantitative estimate of drug-likeness (QED) is 0.662. The number of carbonyl (C=O) groups is 1. The Labute approximate surface area is 125 Å². The summed E-state index contributed by atoms with van der Waals surface area (Å²) in [4.78, 5) is 11.9. The highest BCUT2D eigenvalue weighted by atomic mass is 32.2. The van der Waals surface area contributed by atoms with Crippen LogP contribution in [0.15, 0.2) is 29.2 Å². The third-order valence-electron chi connectivity index (χ3n) is 2.88. The summed E-state index contributed by atoms with van der Waals surface area (Å²) in [6.07, 6.45) is -2.95. The van der Waals surface area contributed by atoms with Gasteiger partial charge < -0.3 is 20.6 Å². The maximum atomic E-state index is 10.9. The van der Waals surface area contributed by atoms with Crippen LogP contribution in [0.4, 0.5) is 5.69 Å². The first-order chi connectivity index (χ1) is 9.47. The summed E-state index contributed by atoms with van der Waals surface area (Å²) in [6, 6.07) is 7.27. The van der Waals surface area contributed by atoms with Gasteiger partial charge in [0.05, 0.1) is 10.7 Å². The Balaban J connectivity index is 1.98. The van der Waals surface area contributed by atoms with Gasteiger partial charge >= 0.3 is 0 Å². The maximum absolute atomic E-state index is 10.9. The van der Waals surface area contributed by atoms with Crippen molar-refractivity contribution in [1.29, 1.82) is 0 Å². The summed E-state index contributed by atoms with van der Waals surface area (Å²) < 4.78 is -0.222. The zero-order valence-electron chi connectivity index (χ0n) is 10.9.